The van der Waals surface area contributed by atoms with Gasteiger partial charge in [-0.15, -0.1) is 0 Å². The standard InChI is InChI=1S/C55H90O5Si/c1-6-8-10-12-14-16-18-20-22-24-26-28-30-32-40-46-50(56)52(58)55(60,51(57)47-41-33-31-29-27-25-23-21-19-17-15-13-11-9-7-2)53(59)61(54(3,4)5,48-42-36-34-37-43-48)49-44-38-35-39-45-49/h20-23,34-39,42-45,52-53,58-60H,6-19,24-33,40-41,46-47H2,1-5H3. The van der Waals surface area contributed by atoms with E-state index in [1.807, 2.05) is 81.4 Å². The van der Waals surface area contributed by atoms with E-state index in [1.165, 1.54) is 77.0 Å². The number of Topliss-reactive ketones (excluding diaryl/α,β-unsaturated/α-hetero) is 2. The fourth-order valence-corrected chi connectivity index (χ4v) is 15.2. The molecule has 0 saturated heterocycles. The maximum atomic E-state index is 14.5. The molecule has 0 spiro atoms. The number of hydrogen-bond acceptors (Lipinski definition) is 5. The molecule has 2 aromatic carbocycles. The first-order chi connectivity index (χ1) is 29.5. The van der Waals surface area contributed by atoms with Crippen molar-refractivity contribution >= 4 is 30.0 Å². The second-order valence-electron chi connectivity index (χ2n) is 19.0. The van der Waals surface area contributed by atoms with Gasteiger partial charge in [0.1, 0.15) is 0 Å². The minimum atomic E-state index is -3.56. The molecular formula is C55H90O5Si. The lowest BCUT2D eigenvalue weighted by Gasteiger charge is -2.52. The number of aliphatic hydroxyl groups is 3. The molecule has 2 rings (SSSR count). The summed E-state index contributed by atoms with van der Waals surface area (Å²) in [6.07, 6.45) is 36.5. The number of aliphatic hydroxyl groups excluding tert-OH is 2. The summed E-state index contributed by atoms with van der Waals surface area (Å²) in [4.78, 5) is 28.4. The number of allylic oxidation sites excluding steroid dienone is 4. The van der Waals surface area contributed by atoms with Crippen molar-refractivity contribution in [3.05, 3.63) is 85.0 Å². The molecule has 0 saturated carbocycles. The number of carbonyl (C=O) groups is 2. The normalized spacial score (nSPS) is 14.4. The monoisotopic (exact) mass is 859 g/mol. The van der Waals surface area contributed by atoms with Crippen molar-refractivity contribution in [2.45, 2.75) is 237 Å². The molecule has 344 valence electrons. The molecule has 0 radical (unpaired) electrons. The van der Waals surface area contributed by atoms with Crippen LogP contribution in [0.4, 0.5) is 0 Å². The summed E-state index contributed by atoms with van der Waals surface area (Å²) in [7, 11) is -3.56. The van der Waals surface area contributed by atoms with Crippen molar-refractivity contribution in [3.63, 3.8) is 0 Å². The van der Waals surface area contributed by atoms with Gasteiger partial charge in [-0.1, -0.05) is 233 Å². The summed E-state index contributed by atoms with van der Waals surface area (Å²) in [5, 5.41) is 38.7. The van der Waals surface area contributed by atoms with Crippen LogP contribution >= 0.6 is 0 Å². The maximum Gasteiger partial charge on any atom is 0.179 e. The van der Waals surface area contributed by atoms with Crippen molar-refractivity contribution < 1.29 is 24.9 Å². The van der Waals surface area contributed by atoms with Crippen molar-refractivity contribution in [2.24, 2.45) is 0 Å². The van der Waals surface area contributed by atoms with Gasteiger partial charge >= 0.3 is 0 Å². The summed E-state index contributed by atoms with van der Waals surface area (Å²) in [5.41, 5.74) is -4.35. The summed E-state index contributed by atoms with van der Waals surface area (Å²) in [5.74, 6) is -1.22. The summed E-state index contributed by atoms with van der Waals surface area (Å²) in [6.45, 7) is 10.6. The van der Waals surface area contributed by atoms with Gasteiger partial charge in [0.05, 0.1) is 5.73 Å². The van der Waals surface area contributed by atoms with Gasteiger partial charge in [0.15, 0.2) is 31.3 Å². The van der Waals surface area contributed by atoms with E-state index in [2.05, 4.69) is 38.2 Å². The van der Waals surface area contributed by atoms with Gasteiger partial charge < -0.3 is 15.3 Å². The SMILES string of the molecule is CCCCCCCCC=CCCCCCCCC(=O)C(O)C(O)(C(=O)CCCCCCCC=CCCCCCCCC)C(O)[Si](c1ccccc1)(c1ccccc1)C(C)(C)C. The molecular weight excluding hydrogens is 769 g/mol. The number of carbonyl (C=O) groups excluding carboxylic acids is 2. The fourth-order valence-electron chi connectivity index (χ4n) is 9.25. The second-order valence-corrected chi connectivity index (χ2v) is 23.8. The van der Waals surface area contributed by atoms with Crippen LogP contribution in [0, 0.1) is 0 Å². The minimum Gasteiger partial charge on any atom is -0.392 e. The Balaban J connectivity index is 2.10. The van der Waals surface area contributed by atoms with Gasteiger partial charge in [0, 0.05) is 12.8 Å². The Morgan fingerprint density at radius 2 is 0.836 bits per heavy atom. The zero-order valence-corrected chi connectivity index (χ0v) is 40.7. The average Bonchev–Trinajstić information content (AvgIpc) is 3.26. The minimum absolute atomic E-state index is 0.0122. The largest absolute Gasteiger partial charge is 0.392 e. The van der Waals surface area contributed by atoms with E-state index < -0.39 is 42.1 Å². The quantitative estimate of drug-likeness (QED) is 0.0357. The van der Waals surface area contributed by atoms with Gasteiger partial charge in [-0.3, -0.25) is 9.59 Å². The van der Waals surface area contributed by atoms with E-state index in [9.17, 15) is 24.9 Å². The molecule has 0 aliphatic rings. The topological polar surface area (TPSA) is 94.8 Å². The lowest BCUT2D eigenvalue weighted by molar-refractivity contribution is -0.170. The summed E-state index contributed by atoms with van der Waals surface area (Å²) >= 11 is 0. The van der Waals surface area contributed by atoms with Crippen molar-refractivity contribution in [3.8, 4) is 0 Å². The van der Waals surface area contributed by atoms with Crippen molar-refractivity contribution in [2.75, 3.05) is 0 Å². The molecule has 0 aromatic heterocycles. The Kier molecular flexibility index (Phi) is 28.7. The third-order valence-corrected chi connectivity index (χ3v) is 19.1. The Hall–Kier alpha value is -2.64. The maximum absolute atomic E-state index is 14.5. The Morgan fingerprint density at radius 1 is 0.508 bits per heavy atom. The Labute approximate surface area is 375 Å². The molecule has 3 N–H and O–H groups in total. The number of ketones is 2. The zero-order chi connectivity index (χ0) is 44.7. The van der Waals surface area contributed by atoms with E-state index >= 15 is 0 Å². The first kappa shape index (κ1) is 54.5. The third kappa shape index (κ3) is 18.9. The molecule has 61 heavy (non-hydrogen) atoms. The number of benzene rings is 2. The number of unbranched alkanes of at least 4 members (excludes halogenated alkanes) is 22. The first-order valence-corrected chi connectivity index (χ1v) is 27.1. The van der Waals surface area contributed by atoms with Crippen LogP contribution in [0.1, 0.15) is 214 Å². The predicted molar refractivity (Wildman–Crippen MR) is 264 cm³/mol. The lowest BCUT2D eigenvalue weighted by Crippen LogP contribution is -2.80. The van der Waals surface area contributed by atoms with Crippen LogP contribution < -0.4 is 10.4 Å². The molecule has 0 bridgehead atoms. The summed E-state index contributed by atoms with van der Waals surface area (Å²) < 4.78 is 0. The number of hydrogen-bond donors (Lipinski definition) is 3. The predicted octanol–water partition coefficient (Wildman–Crippen LogP) is 13.3. The van der Waals surface area contributed by atoms with Crippen LogP contribution in [0.25, 0.3) is 0 Å². The highest BCUT2D eigenvalue weighted by molar-refractivity contribution is 7.05. The second kappa shape index (κ2) is 32.1. The summed E-state index contributed by atoms with van der Waals surface area (Å²) in [6, 6.07) is 19.3. The van der Waals surface area contributed by atoms with Crippen molar-refractivity contribution in [1.29, 1.82) is 0 Å². The zero-order valence-electron chi connectivity index (χ0n) is 39.7. The van der Waals surface area contributed by atoms with Gasteiger partial charge in [-0.05, 0) is 69.2 Å². The van der Waals surface area contributed by atoms with Crippen LogP contribution in [0.3, 0.4) is 0 Å². The molecule has 5 nitrogen and oxygen atoms in total. The van der Waals surface area contributed by atoms with Crippen LogP contribution in [-0.2, 0) is 9.59 Å². The highest BCUT2D eigenvalue weighted by Gasteiger charge is 2.64. The van der Waals surface area contributed by atoms with Crippen LogP contribution in [0.5, 0.6) is 0 Å². The van der Waals surface area contributed by atoms with E-state index in [0.717, 1.165) is 87.4 Å². The molecule has 0 aliphatic carbocycles. The molecule has 0 aliphatic heterocycles. The lowest BCUT2D eigenvalue weighted by atomic mass is 9.85. The van der Waals surface area contributed by atoms with E-state index in [-0.39, 0.29) is 12.8 Å². The average molecular weight is 859 g/mol. The van der Waals surface area contributed by atoms with Gasteiger partial charge in [0.2, 0.25) is 0 Å². The molecule has 0 amide bonds. The third-order valence-electron chi connectivity index (χ3n) is 13.0. The molecule has 2 aromatic rings. The Morgan fingerprint density at radius 3 is 1.20 bits per heavy atom. The van der Waals surface area contributed by atoms with Gasteiger partial charge in [-0.2, -0.15) is 0 Å². The van der Waals surface area contributed by atoms with Crippen LogP contribution in [0.2, 0.25) is 5.04 Å². The van der Waals surface area contributed by atoms with Gasteiger partial charge in [0.25, 0.3) is 0 Å². The van der Waals surface area contributed by atoms with Crippen LogP contribution in [0.15, 0.2) is 85.0 Å². The smallest absolute Gasteiger partial charge is 0.179 e. The van der Waals surface area contributed by atoms with Crippen molar-refractivity contribution in [1.82, 2.24) is 0 Å². The highest BCUT2D eigenvalue weighted by atomic mass is 28.3. The molecule has 3 unspecified atom stereocenters. The Bertz CT molecular complexity index is 1420. The number of rotatable bonds is 37. The van der Waals surface area contributed by atoms with Gasteiger partial charge in [-0.25, -0.2) is 0 Å². The first-order valence-electron chi connectivity index (χ1n) is 25.0. The molecule has 0 fully saturated rings. The van der Waals surface area contributed by atoms with E-state index in [0.29, 0.717) is 12.8 Å². The molecule has 0 heterocycles. The molecule has 6 heteroatoms. The highest BCUT2D eigenvalue weighted by Crippen LogP contribution is 2.42. The van der Waals surface area contributed by atoms with E-state index in [1.54, 1.807) is 0 Å². The van der Waals surface area contributed by atoms with E-state index in [4.69, 9.17) is 0 Å². The molecule has 3 atom stereocenters. The fraction of sp³-hybridized carbons (Fsp3) is 0.673. The van der Waals surface area contributed by atoms with Crippen LogP contribution in [-0.4, -0.2) is 52.4 Å².